The van der Waals surface area contributed by atoms with Gasteiger partial charge in [0.2, 0.25) is 16.3 Å². The van der Waals surface area contributed by atoms with Crippen LogP contribution in [0.2, 0.25) is 0 Å². The van der Waals surface area contributed by atoms with Crippen LogP contribution in [-0.2, 0) is 4.57 Å². The van der Waals surface area contributed by atoms with Crippen molar-refractivity contribution in [3.05, 3.63) is 0 Å². The van der Waals surface area contributed by atoms with Crippen LogP contribution in [0.5, 0.6) is 0 Å². The highest BCUT2D eigenvalue weighted by Gasteiger charge is 2.17. The average Bonchev–Trinajstić information content (AvgIpc) is 1.31. The number of hydrogen-bond donors (Lipinski definition) is 2. The van der Waals surface area contributed by atoms with Gasteiger partial charge in [-0.05, 0) is 0 Å². The van der Waals surface area contributed by atoms with Gasteiger partial charge in [0.15, 0.2) is 0 Å². The maximum atomic E-state index is 10.1. The summed E-state index contributed by atoms with van der Waals surface area (Å²) in [6.45, 7) is 1.55. The third kappa shape index (κ3) is 3.28. The van der Waals surface area contributed by atoms with Crippen LogP contribution in [0.25, 0.3) is 0 Å². The minimum atomic E-state index is -3.68. The van der Waals surface area contributed by atoms with Crippen molar-refractivity contribution < 1.29 is 14.4 Å². The van der Waals surface area contributed by atoms with Crippen LogP contribution >= 0.6 is 7.60 Å². The minimum Gasteiger partial charge on any atom is -0.325 e. The fourth-order valence-electron chi connectivity index (χ4n) is 0. The molecule has 7 heavy (non-hydrogen) atoms. The summed E-state index contributed by atoms with van der Waals surface area (Å²) < 4.78 is 9.66. The van der Waals surface area contributed by atoms with Crippen LogP contribution in [0.3, 0.4) is 0 Å². The third-order valence-electron chi connectivity index (χ3n) is 0.673. The summed E-state index contributed by atoms with van der Waals surface area (Å²) >= 11 is 0.565. The normalized spacial score (nSPS) is 16.4. The monoisotopic (exact) mass is 138 g/mol. The first kappa shape index (κ1) is 7.68. The zero-order chi connectivity index (χ0) is 6.08. The zero-order valence-electron chi connectivity index (χ0n) is 4.33. The van der Waals surface area contributed by atoms with E-state index in [9.17, 15) is 4.57 Å². The number of hydrogen-bond acceptors (Lipinski definition) is 1. The van der Waals surface area contributed by atoms with Crippen LogP contribution in [0.15, 0.2) is 0 Å². The molecule has 0 aliphatic rings. The van der Waals surface area contributed by atoms with Crippen molar-refractivity contribution in [3.63, 3.8) is 0 Å². The Morgan fingerprint density at radius 3 is 1.86 bits per heavy atom. The van der Waals surface area contributed by atoms with Gasteiger partial charge in [-0.3, -0.25) is 4.57 Å². The van der Waals surface area contributed by atoms with Gasteiger partial charge in [-0.15, -0.1) is 0 Å². The summed E-state index contributed by atoms with van der Waals surface area (Å²) in [6, 6.07) is 0. The molecule has 1 unspecified atom stereocenters. The Bertz CT molecular complexity index is 95.1. The van der Waals surface area contributed by atoms with Crippen molar-refractivity contribution >= 4 is 23.9 Å². The van der Waals surface area contributed by atoms with Crippen molar-refractivity contribution in [2.75, 3.05) is 0 Å². The molecule has 0 rings (SSSR count). The van der Waals surface area contributed by atoms with Gasteiger partial charge in [0.25, 0.3) is 0 Å². The van der Waals surface area contributed by atoms with E-state index in [1.807, 2.05) is 0 Å². The van der Waals surface area contributed by atoms with Crippen LogP contribution < -0.4 is 0 Å². The fourth-order valence-corrected chi connectivity index (χ4v) is 0. The van der Waals surface area contributed by atoms with Crippen LogP contribution in [0.4, 0.5) is 0 Å². The predicted molar refractivity (Wildman–Crippen MR) is 30.1 cm³/mol. The summed E-state index contributed by atoms with van der Waals surface area (Å²) in [4.78, 5) is 16.5. The lowest BCUT2D eigenvalue weighted by atomic mass is 11.0. The first-order chi connectivity index (χ1) is 2.94. The molecule has 2 N–H and O–H groups in total. The molecule has 0 aliphatic heterocycles. The highest BCUT2D eigenvalue weighted by atomic mass is 31.2. The van der Waals surface area contributed by atoms with E-state index < -0.39 is 12.1 Å². The van der Waals surface area contributed by atoms with E-state index in [0.717, 1.165) is 0 Å². The Morgan fingerprint density at radius 2 is 1.86 bits per heavy atom. The Morgan fingerprint density at radius 1 is 1.71 bits per heavy atom. The molecule has 1 atom stereocenters. The van der Waals surface area contributed by atoms with E-state index in [1.165, 1.54) is 0 Å². The van der Waals surface area contributed by atoms with E-state index in [1.54, 1.807) is 6.92 Å². The second-order valence-corrected chi connectivity index (χ2v) is 6.60. The molecule has 0 fully saturated rings. The Balaban J connectivity index is 3.80. The van der Waals surface area contributed by atoms with Crippen molar-refractivity contribution in [2.45, 2.75) is 11.4 Å². The molecule has 0 aromatic carbocycles. The molecule has 0 spiro atoms. The van der Waals surface area contributed by atoms with Crippen LogP contribution in [0.1, 0.15) is 6.92 Å². The van der Waals surface area contributed by atoms with Gasteiger partial charge in [0.05, 0.1) is 0 Å². The van der Waals surface area contributed by atoms with E-state index in [2.05, 4.69) is 0 Å². The molecule has 0 aliphatic carbocycles. The molecule has 0 heterocycles. The summed E-state index contributed by atoms with van der Waals surface area (Å²) in [7, 11) is -3.68. The molecule has 0 amide bonds. The molecule has 0 saturated carbocycles. The Hall–Kier alpha value is 0.682. The number of rotatable bonds is 1. The topological polar surface area (TPSA) is 57.5 Å². The predicted octanol–water partition coefficient (Wildman–Crippen LogP) is -0.857. The van der Waals surface area contributed by atoms with Crippen molar-refractivity contribution in [3.8, 4) is 0 Å². The third-order valence-corrected chi connectivity index (χ3v) is 4.04. The lowest BCUT2D eigenvalue weighted by Gasteiger charge is -2.04. The van der Waals surface area contributed by atoms with Gasteiger partial charge in [0.1, 0.15) is 0 Å². The minimum absolute atomic E-state index is 0.396. The van der Waals surface area contributed by atoms with E-state index in [4.69, 9.17) is 9.79 Å². The Kier molecular flexibility index (Phi) is 2.53. The summed E-state index contributed by atoms with van der Waals surface area (Å²) in [5.41, 5.74) is 0. The average molecular weight is 138 g/mol. The summed E-state index contributed by atoms with van der Waals surface area (Å²) in [5, 5.41) is 0. The second-order valence-electron chi connectivity index (χ2n) is 1.68. The van der Waals surface area contributed by atoms with Crippen molar-refractivity contribution in [2.24, 2.45) is 0 Å². The first-order valence-corrected chi connectivity index (χ1v) is 4.83. The van der Waals surface area contributed by atoms with Crippen LogP contribution in [-0.4, -0.2) is 30.6 Å². The lowest BCUT2D eigenvalue weighted by Crippen LogP contribution is -2.00. The van der Waals surface area contributed by atoms with Gasteiger partial charge >= 0.3 is 7.60 Å². The van der Waals surface area contributed by atoms with Gasteiger partial charge in [-0.1, -0.05) is 6.92 Å². The molecular weight excluding hydrogens is 130 g/mol. The molecule has 0 radical (unpaired) electrons. The molecule has 42 valence electrons. The second kappa shape index (κ2) is 2.30. The quantitative estimate of drug-likeness (QED) is 0.366. The molecule has 0 aromatic heterocycles. The molecule has 3 nitrogen and oxygen atoms in total. The highest BCUT2D eigenvalue weighted by Crippen LogP contribution is 2.38. The van der Waals surface area contributed by atoms with Gasteiger partial charge in [0, 0.05) is 4.52 Å². The highest BCUT2D eigenvalue weighted by molar-refractivity contribution is 7.54. The fraction of sp³-hybridized carbons (Fsp3) is 1.00. The van der Waals surface area contributed by atoms with Gasteiger partial charge < -0.3 is 9.79 Å². The van der Waals surface area contributed by atoms with E-state index in [0.29, 0.717) is 16.3 Å². The summed E-state index contributed by atoms with van der Waals surface area (Å²) in [5.74, 6) is 0. The van der Waals surface area contributed by atoms with Crippen molar-refractivity contribution in [1.82, 2.24) is 0 Å². The smallest absolute Gasteiger partial charge is 0.314 e. The molecule has 0 bridgehead atoms. The molecule has 0 saturated heterocycles. The van der Waals surface area contributed by atoms with E-state index >= 15 is 0 Å². The van der Waals surface area contributed by atoms with Crippen molar-refractivity contribution in [1.29, 1.82) is 0 Å². The van der Waals surface area contributed by atoms with Gasteiger partial charge in [-0.25, -0.2) is 0 Å². The standard InChI is InChI=1S/C2H6O3P.Al.2H/c1-2-6(3,4)5;;;/h2H,1H3,(H2,3,4,5);;;. The molecular formula is C2H8AlO3P. The lowest BCUT2D eigenvalue weighted by molar-refractivity contribution is 0.371. The summed E-state index contributed by atoms with van der Waals surface area (Å²) in [6.07, 6.45) is 0. The Labute approximate surface area is 50.3 Å². The molecule has 0 aromatic rings. The van der Waals surface area contributed by atoms with E-state index in [-0.39, 0.29) is 0 Å². The van der Waals surface area contributed by atoms with Gasteiger partial charge in [-0.2, -0.15) is 0 Å². The first-order valence-electron chi connectivity index (χ1n) is 2.00. The molecule has 5 heteroatoms. The maximum Gasteiger partial charge on any atom is 0.314 e. The van der Waals surface area contributed by atoms with Crippen LogP contribution in [0, 0.1) is 0 Å². The zero-order valence-corrected chi connectivity index (χ0v) is 7.22. The SMILES string of the molecule is C[CH]([AlH2])P(=O)(O)O. The largest absolute Gasteiger partial charge is 0.325 e. The maximum absolute atomic E-state index is 10.1.